The minimum absolute atomic E-state index is 0.413. The summed E-state index contributed by atoms with van der Waals surface area (Å²) in [5, 5.41) is 0. The molecular weight excluding hydrogens is 108 g/mol. The molecule has 0 amide bonds. The van der Waals surface area contributed by atoms with Crippen molar-refractivity contribution in [1.29, 1.82) is 0 Å². The van der Waals surface area contributed by atoms with E-state index in [0.29, 0.717) is 5.41 Å². The lowest BCUT2D eigenvalue weighted by atomic mass is 9.90. The van der Waals surface area contributed by atoms with Gasteiger partial charge in [-0.05, 0) is 18.3 Å². The van der Waals surface area contributed by atoms with Crippen LogP contribution in [0.3, 0.4) is 0 Å². The zero-order valence-corrected chi connectivity index (χ0v) is 7.07. The van der Waals surface area contributed by atoms with Gasteiger partial charge in [0.15, 0.2) is 0 Å². The minimum atomic E-state index is 0.413. The Labute approximate surface area is 59.0 Å². The Morgan fingerprint density at radius 3 is 2.11 bits per heavy atom. The van der Waals surface area contributed by atoms with Crippen molar-refractivity contribution in [2.24, 2.45) is 5.41 Å². The monoisotopic (exact) mass is 126 g/mol. The lowest BCUT2D eigenvalue weighted by Gasteiger charge is -2.16. The van der Waals surface area contributed by atoms with E-state index in [9.17, 15) is 0 Å². The Bertz CT molecular complexity index is 88.2. The molecule has 0 unspecified atom stereocenters. The summed E-state index contributed by atoms with van der Waals surface area (Å²) in [4.78, 5) is 0. The Morgan fingerprint density at radius 1 is 1.22 bits per heavy atom. The van der Waals surface area contributed by atoms with Gasteiger partial charge in [0.25, 0.3) is 0 Å². The highest BCUT2D eigenvalue weighted by atomic mass is 14.1. The third-order valence-corrected chi connectivity index (χ3v) is 1.72. The molecule has 0 aliphatic heterocycles. The molecule has 0 rings (SSSR count). The molecule has 0 aliphatic rings. The normalized spacial score (nSPS) is 12.9. The fraction of sp³-hybridized carbons (Fsp3) is 0.778. The van der Waals surface area contributed by atoms with Crippen LogP contribution < -0.4 is 0 Å². The summed E-state index contributed by atoms with van der Waals surface area (Å²) >= 11 is 0. The van der Waals surface area contributed by atoms with E-state index < -0.39 is 0 Å². The Kier molecular flexibility index (Phi) is 3.60. The van der Waals surface area contributed by atoms with Crippen molar-refractivity contribution in [3.63, 3.8) is 0 Å². The van der Waals surface area contributed by atoms with Crippen molar-refractivity contribution in [1.82, 2.24) is 0 Å². The highest BCUT2D eigenvalue weighted by molar-refractivity contribution is 4.93. The van der Waals surface area contributed by atoms with Gasteiger partial charge in [0.05, 0.1) is 0 Å². The molecule has 54 valence electrons. The molecule has 9 heavy (non-hydrogen) atoms. The average Bonchev–Trinajstić information content (AvgIpc) is 1.84. The molecular formula is C9H18. The molecule has 0 nitrogen and oxygen atoms in total. The van der Waals surface area contributed by atoms with Gasteiger partial charge in [0.2, 0.25) is 0 Å². The van der Waals surface area contributed by atoms with Crippen LogP contribution in [0.25, 0.3) is 0 Å². The highest BCUT2D eigenvalue weighted by Gasteiger charge is 2.08. The van der Waals surface area contributed by atoms with Crippen molar-refractivity contribution in [3.05, 3.63) is 12.2 Å². The van der Waals surface area contributed by atoms with E-state index >= 15 is 0 Å². The van der Waals surface area contributed by atoms with Crippen molar-refractivity contribution in [2.45, 2.75) is 40.5 Å². The molecule has 0 bridgehead atoms. The van der Waals surface area contributed by atoms with E-state index in [4.69, 9.17) is 0 Å². The predicted octanol–water partition coefficient (Wildman–Crippen LogP) is 3.39. The summed E-state index contributed by atoms with van der Waals surface area (Å²) in [6.45, 7) is 8.92. The molecule has 0 saturated carbocycles. The Balaban J connectivity index is 3.70. The molecule has 0 spiro atoms. The predicted molar refractivity (Wildman–Crippen MR) is 43.5 cm³/mol. The summed E-state index contributed by atoms with van der Waals surface area (Å²) in [6, 6.07) is 0. The van der Waals surface area contributed by atoms with Gasteiger partial charge in [0, 0.05) is 0 Å². The van der Waals surface area contributed by atoms with Gasteiger partial charge < -0.3 is 0 Å². The second-order valence-electron chi connectivity index (χ2n) is 3.15. The molecule has 0 saturated heterocycles. The quantitative estimate of drug-likeness (QED) is 0.508. The minimum Gasteiger partial charge on any atom is -0.0883 e. The zero-order valence-electron chi connectivity index (χ0n) is 7.07. The summed E-state index contributed by atoms with van der Waals surface area (Å²) in [6.07, 6.45) is 6.92. The second-order valence-corrected chi connectivity index (χ2v) is 3.15. The Hall–Kier alpha value is -0.260. The standard InChI is InChI=1S/C9H18/c1-5-7-8-9(3,4)6-2/h7-8H,5-6H2,1-4H3. The fourth-order valence-electron chi connectivity index (χ4n) is 0.555. The fourth-order valence-corrected chi connectivity index (χ4v) is 0.555. The molecule has 0 N–H and O–H groups in total. The van der Waals surface area contributed by atoms with Crippen LogP contribution in [0.5, 0.6) is 0 Å². The summed E-state index contributed by atoms with van der Waals surface area (Å²) in [5.74, 6) is 0. The van der Waals surface area contributed by atoms with Crippen LogP contribution in [0.15, 0.2) is 12.2 Å². The molecule has 0 aromatic rings. The molecule has 0 atom stereocenters. The van der Waals surface area contributed by atoms with Crippen LogP contribution in [-0.2, 0) is 0 Å². The first-order valence-corrected chi connectivity index (χ1v) is 3.80. The maximum atomic E-state index is 2.30. The van der Waals surface area contributed by atoms with Crippen LogP contribution in [0.1, 0.15) is 40.5 Å². The van der Waals surface area contributed by atoms with Gasteiger partial charge in [-0.15, -0.1) is 0 Å². The molecule has 0 heterocycles. The molecule has 0 aliphatic carbocycles. The molecule has 0 aromatic heterocycles. The maximum absolute atomic E-state index is 2.30. The maximum Gasteiger partial charge on any atom is -0.0177 e. The second kappa shape index (κ2) is 3.71. The van der Waals surface area contributed by atoms with Gasteiger partial charge in [-0.1, -0.05) is 39.8 Å². The summed E-state index contributed by atoms with van der Waals surface area (Å²) in [5.41, 5.74) is 0.413. The topological polar surface area (TPSA) is 0 Å². The van der Waals surface area contributed by atoms with Crippen molar-refractivity contribution >= 4 is 0 Å². The van der Waals surface area contributed by atoms with Gasteiger partial charge >= 0.3 is 0 Å². The summed E-state index contributed by atoms with van der Waals surface area (Å²) in [7, 11) is 0. The first kappa shape index (κ1) is 8.74. The van der Waals surface area contributed by atoms with Gasteiger partial charge in [0.1, 0.15) is 0 Å². The molecule has 0 aromatic carbocycles. The largest absolute Gasteiger partial charge is 0.0883 e. The first-order chi connectivity index (χ1) is 4.12. The number of hydrogen-bond acceptors (Lipinski definition) is 0. The Morgan fingerprint density at radius 2 is 1.78 bits per heavy atom. The van der Waals surface area contributed by atoms with Crippen LogP contribution in [-0.4, -0.2) is 0 Å². The molecule has 0 fully saturated rings. The van der Waals surface area contributed by atoms with Gasteiger partial charge in [-0.3, -0.25) is 0 Å². The van der Waals surface area contributed by atoms with Crippen LogP contribution in [0.2, 0.25) is 0 Å². The van der Waals surface area contributed by atoms with Crippen molar-refractivity contribution in [3.8, 4) is 0 Å². The molecule has 0 radical (unpaired) electrons. The van der Waals surface area contributed by atoms with E-state index in [2.05, 4.69) is 39.8 Å². The van der Waals surface area contributed by atoms with Crippen molar-refractivity contribution in [2.75, 3.05) is 0 Å². The number of hydrogen-bond donors (Lipinski definition) is 0. The molecule has 0 heteroatoms. The zero-order chi connectivity index (χ0) is 7.33. The van der Waals surface area contributed by atoms with E-state index in [0.717, 1.165) is 6.42 Å². The summed E-state index contributed by atoms with van der Waals surface area (Å²) < 4.78 is 0. The van der Waals surface area contributed by atoms with E-state index in [1.807, 2.05) is 0 Å². The van der Waals surface area contributed by atoms with Crippen LogP contribution in [0, 0.1) is 5.41 Å². The SMILES string of the molecule is CCC=CC(C)(C)CC. The highest BCUT2D eigenvalue weighted by Crippen LogP contribution is 2.20. The van der Waals surface area contributed by atoms with Gasteiger partial charge in [-0.2, -0.15) is 0 Å². The number of rotatable bonds is 3. The van der Waals surface area contributed by atoms with Gasteiger partial charge in [-0.25, -0.2) is 0 Å². The van der Waals surface area contributed by atoms with E-state index in [1.54, 1.807) is 0 Å². The lowest BCUT2D eigenvalue weighted by Crippen LogP contribution is -2.03. The first-order valence-electron chi connectivity index (χ1n) is 3.80. The van der Waals surface area contributed by atoms with Crippen LogP contribution >= 0.6 is 0 Å². The van der Waals surface area contributed by atoms with E-state index in [-0.39, 0.29) is 0 Å². The van der Waals surface area contributed by atoms with Crippen molar-refractivity contribution < 1.29 is 0 Å². The van der Waals surface area contributed by atoms with E-state index in [1.165, 1.54) is 6.42 Å². The smallest absolute Gasteiger partial charge is 0.0177 e. The van der Waals surface area contributed by atoms with Crippen LogP contribution in [0.4, 0.5) is 0 Å². The lowest BCUT2D eigenvalue weighted by molar-refractivity contribution is 0.461. The number of allylic oxidation sites excluding steroid dienone is 2. The average molecular weight is 126 g/mol. The third-order valence-electron chi connectivity index (χ3n) is 1.72. The third kappa shape index (κ3) is 4.26.